The van der Waals surface area contributed by atoms with Gasteiger partial charge in [0.1, 0.15) is 11.6 Å². The van der Waals surface area contributed by atoms with Gasteiger partial charge in [0.25, 0.3) is 11.5 Å². The Labute approximate surface area is 204 Å². The maximum atomic E-state index is 13.1. The molecule has 12 heteroatoms. The van der Waals surface area contributed by atoms with Gasteiger partial charge in [-0.2, -0.15) is 0 Å². The van der Waals surface area contributed by atoms with Crippen molar-refractivity contribution in [2.45, 2.75) is 50.4 Å². The van der Waals surface area contributed by atoms with Gasteiger partial charge in [-0.25, -0.2) is 9.37 Å². The van der Waals surface area contributed by atoms with E-state index in [1.165, 1.54) is 33.7 Å². The second-order valence-electron chi connectivity index (χ2n) is 9.70. The fraction of sp³-hybridized carbons (Fsp3) is 0.458. The quantitative estimate of drug-likeness (QED) is 0.423. The van der Waals surface area contributed by atoms with Crippen LogP contribution in [0.15, 0.2) is 29.1 Å². The highest BCUT2D eigenvalue weighted by molar-refractivity contribution is 6.35. The maximum absolute atomic E-state index is 13.1. The lowest BCUT2D eigenvalue weighted by atomic mass is 9.77. The van der Waals surface area contributed by atoms with E-state index in [2.05, 4.69) is 15.6 Å². The lowest BCUT2D eigenvalue weighted by molar-refractivity contribution is -0.153. The number of carbonyl (C=O) groups is 3. The Bertz CT molecular complexity index is 1280. The number of nitrogens with zero attached hydrogens (tertiary/aromatic N) is 3. The van der Waals surface area contributed by atoms with Gasteiger partial charge in [-0.15, -0.1) is 0 Å². The van der Waals surface area contributed by atoms with Crippen molar-refractivity contribution in [3.05, 3.63) is 57.5 Å². The summed E-state index contributed by atoms with van der Waals surface area (Å²) in [5.41, 5.74) is -1.84. The SMILES string of the molecule is O=C(NC12CCC(CC1)Cn1c2nc(C(=O)NCc2ccc(F)cc2)c(O)c1=O)C(=O)N1CC(O)C1. The zero-order chi connectivity index (χ0) is 25.6. The number of hydrogen-bond acceptors (Lipinski definition) is 7. The molecule has 1 aromatic heterocycles. The molecule has 0 radical (unpaired) electrons. The second-order valence-corrected chi connectivity index (χ2v) is 9.70. The van der Waals surface area contributed by atoms with Crippen molar-refractivity contribution in [2.24, 2.45) is 5.92 Å². The van der Waals surface area contributed by atoms with Crippen LogP contribution >= 0.6 is 0 Å². The van der Waals surface area contributed by atoms with E-state index in [-0.39, 0.29) is 37.9 Å². The number of carbonyl (C=O) groups excluding carboxylic acids is 3. The summed E-state index contributed by atoms with van der Waals surface area (Å²) in [5.74, 6) is -3.44. The van der Waals surface area contributed by atoms with E-state index in [4.69, 9.17) is 0 Å². The zero-order valence-corrected chi connectivity index (χ0v) is 19.4. The molecule has 3 aliphatic heterocycles. The molecule has 1 saturated heterocycles. The van der Waals surface area contributed by atoms with Crippen LogP contribution in [-0.2, 0) is 28.2 Å². The van der Waals surface area contributed by atoms with E-state index in [1.54, 1.807) is 0 Å². The minimum absolute atomic E-state index is 0.0127. The summed E-state index contributed by atoms with van der Waals surface area (Å²) in [6.45, 7) is 0.429. The Morgan fingerprint density at radius 1 is 1.11 bits per heavy atom. The van der Waals surface area contributed by atoms with E-state index in [0.717, 1.165) is 0 Å². The normalized spacial score (nSPS) is 22.8. The van der Waals surface area contributed by atoms with Crippen LogP contribution in [0.4, 0.5) is 4.39 Å². The molecule has 190 valence electrons. The van der Waals surface area contributed by atoms with Crippen LogP contribution < -0.4 is 16.2 Å². The predicted octanol–water partition coefficient (Wildman–Crippen LogP) is -0.264. The Morgan fingerprint density at radius 2 is 1.78 bits per heavy atom. The van der Waals surface area contributed by atoms with Crippen LogP contribution in [-0.4, -0.2) is 61.6 Å². The van der Waals surface area contributed by atoms with Crippen molar-refractivity contribution in [3.63, 3.8) is 0 Å². The Kier molecular flexibility index (Phi) is 5.99. The molecule has 3 amide bonds. The Hall–Kier alpha value is -3.80. The summed E-state index contributed by atoms with van der Waals surface area (Å²) < 4.78 is 14.4. The van der Waals surface area contributed by atoms with E-state index in [1.807, 2.05) is 0 Å². The number of β-amino-alcohol motifs (C(OH)–C–C–N with tert-alkyl or cyclic N) is 1. The van der Waals surface area contributed by atoms with Crippen LogP contribution in [0.25, 0.3) is 0 Å². The smallest absolute Gasteiger partial charge is 0.312 e. The molecular formula is C24H26FN5O6. The fourth-order valence-electron chi connectivity index (χ4n) is 5.16. The molecule has 2 fully saturated rings. The first-order chi connectivity index (χ1) is 17.2. The average molecular weight is 499 g/mol. The number of likely N-dealkylation sites (tertiary alicyclic amines) is 1. The molecule has 4 N–H and O–H groups in total. The number of aliphatic hydroxyl groups is 1. The summed E-state index contributed by atoms with van der Waals surface area (Å²) in [5, 5.41) is 25.4. The zero-order valence-electron chi connectivity index (χ0n) is 19.4. The molecule has 4 aliphatic rings. The first-order valence-corrected chi connectivity index (χ1v) is 11.8. The number of aromatic nitrogens is 2. The molecule has 11 nitrogen and oxygen atoms in total. The third-order valence-corrected chi connectivity index (χ3v) is 7.25. The standard InChI is InChI=1S/C24H26FN5O6/c25-15-3-1-13(2-4-15)9-26-19(33)17-18(32)21(35)30-10-14-5-7-24(8-6-14,23(30)27-17)28-20(34)22(36)29-11-16(31)12-29/h1-4,14,16,31-32H,5-12H2,(H,26,33)(H,28,34). The molecule has 1 saturated carbocycles. The Morgan fingerprint density at radius 3 is 2.42 bits per heavy atom. The Balaban J connectivity index is 1.45. The molecule has 1 aromatic carbocycles. The summed E-state index contributed by atoms with van der Waals surface area (Å²) in [6, 6.07) is 5.48. The number of benzene rings is 1. The van der Waals surface area contributed by atoms with Crippen molar-refractivity contribution >= 4 is 17.7 Å². The molecule has 0 spiro atoms. The van der Waals surface area contributed by atoms with Gasteiger partial charge < -0.3 is 25.7 Å². The van der Waals surface area contributed by atoms with Crippen molar-refractivity contribution in [3.8, 4) is 5.75 Å². The maximum Gasteiger partial charge on any atom is 0.312 e. The van der Waals surface area contributed by atoms with Crippen molar-refractivity contribution in [1.82, 2.24) is 25.1 Å². The van der Waals surface area contributed by atoms with Crippen LogP contribution in [0.1, 0.15) is 47.6 Å². The van der Waals surface area contributed by atoms with Gasteiger partial charge in [0.2, 0.25) is 5.75 Å². The van der Waals surface area contributed by atoms with Crippen molar-refractivity contribution in [2.75, 3.05) is 13.1 Å². The lowest BCUT2D eigenvalue weighted by Gasteiger charge is -2.39. The van der Waals surface area contributed by atoms with Gasteiger partial charge in [0, 0.05) is 26.2 Å². The predicted molar refractivity (Wildman–Crippen MR) is 122 cm³/mol. The molecule has 4 heterocycles. The number of aromatic hydroxyl groups is 1. The molecule has 6 rings (SSSR count). The number of hydrogen-bond donors (Lipinski definition) is 4. The minimum Gasteiger partial charge on any atom is -0.501 e. The monoisotopic (exact) mass is 499 g/mol. The summed E-state index contributed by atoms with van der Waals surface area (Å²) in [4.78, 5) is 57.0. The second kappa shape index (κ2) is 9.01. The summed E-state index contributed by atoms with van der Waals surface area (Å²) >= 11 is 0. The fourth-order valence-corrected chi connectivity index (χ4v) is 5.16. The molecular weight excluding hydrogens is 473 g/mol. The molecule has 0 unspecified atom stereocenters. The summed E-state index contributed by atoms with van der Waals surface area (Å²) in [7, 11) is 0. The first-order valence-electron chi connectivity index (χ1n) is 11.8. The largest absolute Gasteiger partial charge is 0.501 e. The average Bonchev–Trinajstić information content (AvgIpc) is 3.09. The molecule has 2 bridgehead atoms. The van der Waals surface area contributed by atoms with Gasteiger partial charge in [-0.05, 0) is 49.3 Å². The third-order valence-electron chi connectivity index (χ3n) is 7.25. The minimum atomic E-state index is -1.16. The molecule has 2 aromatic rings. The van der Waals surface area contributed by atoms with Crippen LogP contribution in [0, 0.1) is 11.7 Å². The van der Waals surface area contributed by atoms with Crippen LogP contribution in [0.3, 0.4) is 0 Å². The summed E-state index contributed by atoms with van der Waals surface area (Å²) in [6.07, 6.45) is 1.48. The third kappa shape index (κ3) is 4.21. The highest BCUT2D eigenvalue weighted by Gasteiger charge is 2.47. The topological polar surface area (TPSA) is 154 Å². The van der Waals surface area contributed by atoms with E-state index >= 15 is 0 Å². The van der Waals surface area contributed by atoms with Crippen LogP contribution in [0.5, 0.6) is 5.75 Å². The number of fused-ring (bicyclic) bond motifs is 2. The van der Waals surface area contributed by atoms with E-state index < -0.39 is 52.2 Å². The highest BCUT2D eigenvalue weighted by Crippen LogP contribution is 2.43. The van der Waals surface area contributed by atoms with Gasteiger partial charge in [-0.3, -0.25) is 23.7 Å². The number of nitrogens with one attached hydrogen (secondary N) is 2. The van der Waals surface area contributed by atoms with Crippen LogP contribution in [0.2, 0.25) is 0 Å². The van der Waals surface area contributed by atoms with Gasteiger partial charge in [-0.1, -0.05) is 12.1 Å². The van der Waals surface area contributed by atoms with Crippen molar-refractivity contribution in [1.29, 1.82) is 0 Å². The highest BCUT2D eigenvalue weighted by atomic mass is 19.1. The van der Waals surface area contributed by atoms with Crippen molar-refractivity contribution < 1.29 is 29.0 Å². The molecule has 0 atom stereocenters. The number of aliphatic hydroxyl groups excluding tert-OH is 1. The van der Waals surface area contributed by atoms with Gasteiger partial charge in [0.15, 0.2) is 5.69 Å². The number of halogens is 1. The van der Waals surface area contributed by atoms with Gasteiger partial charge >= 0.3 is 11.8 Å². The number of rotatable bonds is 4. The molecule has 1 aliphatic carbocycles. The first kappa shape index (κ1) is 23.9. The molecule has 36 heavy (non-hydrogen) atoms. The number of amides is 3. The van der Waals surface area contributed by atoms with E-state index in [0.29, 0.717) is 31.2 Å². The van der Waals surface area contributed by atoms with E-state index in [9.17, 15) is 33.8 Å². The van der Waals surface area contributed by atoms with Gasteiger partial charge in [0.05, 0.1) is 11.6 Å². The lowest BCUT2D eigenvalue weighted by Crippen LogP contribution is -2.60.